The van der Waals surface area contributed by atoms with Gasteiger partial charge in [0.1, 0.15) is 11.8 Å². The Bertz CT molecular complexity index is 654. The van der Waals surface area contributed by atoms with Crippen LogP contribution in [0.2, 0.25) is 10.0 Å². The summed E-state index contributed by atoms with van der Waals surface area (Å²) in [6.45, 7) is 3.84. The SMILES string of the molecule is CC(C)Oc1ccc(-c2cc(Cl)cc(Cl)c2)cc1C#N. The first kappa shape index (κ1) is 14.7. The lowest BCUT2D eigenvalue weighted by Gasteiger charge is -2.12. The maximum absolute atomic E-state index is 9.23. The first-order valence-electron chi connectivity index (χ1n) is 6.17. The molecule has 0 spiro atoms. The van der Waals surface area contributed by atoms with Gasteiger partial charge >= 0.3 is 0 Å². The lowest BCUT2D eigenvalue weighted by molar-refractivity contribution is 0.242. The molecule has 2 nitrogen and oxygen atoms in total. The smallest absolute Gasteiger partial charge is 0.137 e. The molecule has 0 aliphatic heterocycles. The largest absolute Gasteiger partial charge is 0.490 e. The van der Waals surface area contributed by atoms with Crippen LogP contribution in [0.25, 0.3) is 11.1 Å². The lowest BCUT2D eigenvalue weighted by atomic mass is 10.0. The van der Waals surface area contributed by atoms with Crippen molar-refractivity contribution < 1.29 is 4.74 Å². The minimum Gasteiger partial charge on any atom is -0.490 e. The average molecular weight is 306 g/mol. The van der Waals surface area contributed by atoms with E-state index in [0.29, 0.717) is 21.4 Å². The van der Waals surface area contributed by atoms with Gasteiger partial charge in [-0.2, -0.15) is 5.26 Å². The summed E-state index contributed by atoms with van der Waals surface area (Å²) in [5, 5.41) is 10.4. The van der Waals surface area contributed by atoms with E-state index in [1.165, 1.54) is 0 Å². The Morgan fingerprint density at radius 3 is 2.20 bits per heavy atom. The molecule has 0 saturated heterocycles. The highest BCUT2D eigenvalue weighted by atomic mass is 35.5. The third-order valence-corrected chi connectivity index (χ3v) is 3.10. The third-order valence-electron chi connectivity index (χ3n) is 2.66. The summed E-state index contributed by atoms with van der Waals surface area (Å²) in [4.78, 5) is 0. The van der Waals surface area contributed by atoms with Crippen molar-refractivity contribution in [3.63, 3.8) is 0 Å². The van der Waals surface area contributed by atoms with Crippen LogP contribution in [0.15, 0.2) is 36.4 Å². The molecule has 0 fully saturated rings. The molecule has 0 aliphatic rings. The fourth-order valence-electron chi connectivity index (χ4n) is 1.87. The van der Waals surface area contributed by atoms with Gasteiger partial charge in [0.15, 0.2) is 0 Å². The zero-order chi connectivity index (χ0) is 14.7. The molecular weight excluding hydrogens is 293 g/mol. The lowest BCUT2D eigenvalue weighted by Crippen LogP contribution is -2.06. The molecule has 2 aromatic carbocycles. The van der Waals surface area contributed by atoms with E-state index < -0.39 is 0 Å². The Hall–Kier alpha value is -1.69. The van der Waals surface area contributed by atoms with E-state index in [1.54, 1.807) is 18.2 Å². The van der Waals surface area contributed by atoms with Crippen LogP contribution < -0.4 is 4.74 Å². The number of ether oxygens (including phenoxy) is 1. The van der Waals surface area contributed by atoms with Gasteiger partial charge in [-0.25, -0.2) is 0 Å². The van der Waals surface area contributed by atoms with Crippen molar-refractivity contribution in [3.05, 3.63) is 52.0 Å². The second-order valence-electron chi connectivity index (χ2n) is 4.65. The summed E-state index contributed by atoms with van der Waals surface area (Å²) in [5.74, 6) is 0.583. The highest BCUT2D eigenvalue weighted by Gasteiger charge is 2.09. The van der Waals surface area contributed by atoms with E-state index in [2.05, 4.69) is 6.07 Å². The monoisotopic (exact) mass is 305 g/mol. The number of hydrogen-bond donors (Lipinski definition) is 0. The van der Waals surface area contributed by atoms with E-state index in [4.69, 9.17) is 27.9 Å². The molecule has 20 heavy (non-hydrogen) atoms. The van der Waals surface area contributed by atoms with Crippen molar-refractivity contribution in [2.75, 3.05) is 0 Å². The Kier molecular flexibility index (Phi) is 4.54. The van der Waals surface area contributed by atoms with Gasteiger partial charge in [0.05, 0.1) is 11.7 Å². The molecule has 4 heteroatoms. The Morgan fingerprint density at radius 2 is 1.65 bits per heavy atom. The van der Waals surface area contributed by atoms with Crippen molar-refractivity contribution >= 4 is 23.2 Å². The predicted molar refractivity (Wildman–Crippen MR) is 82.4 cm³/mol. The van der Waals surface area contributed by atoms with Crippen LogP contribution in [0.1, 0.15) is 19.4 Å². The topological polar surface area (TPSA) is 33.0 Å². The van der Waals surface area contributed by atoms with Gasteiger partial charge in [-0.3, -0.25) is 0 Å². The van der Waals surface area contributed by atoms with Crippen molar-refractivity contribution in [1.29, 1.82) is 5.26 Å². The van der Waals surface area contributed by atoms with Gasteiger partial charge in [-0.1, -0.05) is 29.3 Å². The first-order valence-corrected chi connectivity index (χ1v) is 6.92. The van der Waals surface area contributed by atoms with E-state index in [0.717, 1.165) is 11.1 Å². The second kappa shape index (κ2) is 6.17. The molecule has 0 aromatic heterocycles. The fraction of sp³-hybridized carbons (Fsp3) is 0.188. The van der Waals surface area contributed by atoms with Crippen molar-refractivity contribution in [1.82, 2.24) is 0 Å². The van der Waals surface area contributed by atoms with Gasteiger partial charge in [0, 0.05) is 10.0 Å². The average Bonchev–Trinajstić information content (AvgIpc) is 2.37. The second-order valence-corrected chi connectivity index (χ2v) is 5.52. The van der Waals surface area contributed by atoms with E-state index >= 15 is 0 Å². The molecule has 0 aliphatic carbocycles. The minimum absolute atomic E-state index is 0.0218. The van der Waals surface area contributed by atoms with Crippen LogP contribution in [0.3, 0.4) is 0 Å². The number of nitriles is 1. The molecule has 2 rings (SSSR count). The number of benzene rings is 2. The molecule has 0 unspecified atom stereocenters. The van der Waals surface area contributed by atoms with Crippen LogP contribution in [-0.4, -0.2) is 6.10 Å². The molecule has 0 amide bonds. The zero-order valence-corrected chi connectivity index (χ0v) is 12.7. The number of rotatable bonds is 3. The number of halogens is 2. The fourth-order valence-corrected chi connectivity index (χ4v) is 2.40. The maximum Gasteiger partial charge on any atom is 0.137 e. The maximum atomic E-state index is 9.23. The summed E-state index contributed by atoms with van der Waals surface area (Å²) >= 11 is 12.0. The van der Waals surface area contributed by atoms with Gasteiger partial charge < -0.3 is 4.74 Å². The summed E-state index contributed by atoms with van der Waals surface area (Å²) in [5.41, 5.74) is 2.24. The summed E-state index contributed by atoms with van der Waals surface area (Å²) in [6.07, 6.45) is 0.0218. The predicted octanol–water partition coefficient (Wildman–Crippen LogP) is 5.32. The zero-order valence-electron chi connectivity index (χ0n) is 11.2. The van der Waals surface area contributed by atoms with Crippen LogP contribution in [0.4, 0.5) is 0 Å². The molecule has 102 valence electrons. The third kappa shape index (κ3) is 3.45. The Balaban J connectivity index is 2.46. The van der Waals surface area contributed by atoms with Crippen LogP contribution in [0, 0.1) is 11.3 Å². The van der Waals surface area contributed by atoms with Gasteiger partial charge in [0.25, 0.3) is 0 Å². The number of hydrogen-bond acceptors (Lipinski definition) is 2. The first-order chi connectivity index (χ1) is 9.49. The summed E-state index contributed by atoms with van der Waals surface area (Å²) < 4.78 is 5.60. The highest BCUT2D eigenvalue weighted by Crippen LogP contribution is 2.30. The van der Waals surface area contributed by atoms with E-state index in [9.17, 15) is 5.26 Å². The van der Waals surface area contributed by atoms with E-state index in [-0.39, 0.29) is 6.10 Å². The minimum atomic E-state index is 0.0218. The molecular formula is C16H13Cl2NO. The molecule has 0 saturated carbocycles. The van der Waals surface area contributed by atoms with Crippen molar-refractivity contribution in [2.45, 2.75) is 20.0 Å². The molecule has 2 aromatic rings. The normalized spacial score (nSPS) is 10.4. The van der Waals surface area contributed by atoms with Gasteiger partial charge in [-0.15, -0.1) is 0 Å². The van der Waals surface area contributed by atoms with Crippen molar-refractivity contribution in [2.24, 2.45) is 0 Å². The van der Waals surface area contributed by atoms with Crippen LogP contribution in [0.5, 0.6) is 5.75 Å². The van der Waals surface area contributed by atoms with Gasteiger partial charge in [0.2, 0.25) is 0 Å². The quantitative estimate of drug-likeness (QED) is 0.769. The summed E-state index contributed by atoms with van der Waals surface area (Å²) in [7, 11) is 0. The van der Waals surface area contributed by atoms with E-state index in [1.807, 2.05) is 32.0 Å². The molecule has 0 atom stereocenters. The van der Waals surface area contributed by atoms with Crippen LogP contribution >= 0.6 is 23.2 Å². The molecule has 0 bridgehead atoms. The standard InChI is InChI=1S/C16H13Cl2NO/c1-10(2)20-16-4-3-11(5-13(16)9-19)12-6-14(17)8-15(18)7-12/h3-8,10H,1-2H3. The Morgan fingerprint density at radius 1 is 1.00 bits per heavy atom. The molecule has 0 heterocycles. The van der Waals surface area contributed by atoms with Crippen LogP contribution in [-0.2, 0) is 0 Å². The highest BCUT2D eigenvalue weighted by molar-refractivity contribution is 6.35. The van der Waals surface area contributed by atoms with Crippen molar-refractivity contribution in [3.8, 4) is 22.9 Å². The molecule has 0 radical (unpaired) electrons. The number of nitrogens with zero attached hydrogens (tertiary/aromatic N) is 1. The Labute approximate surface area is 128 Å². The van der Waals surface area contributed by atoms with Gasteiger partial charge in [-0.05, 0) is 55.3 Å². The molecule has 0 N–H and O–H groups in total. The summed E-state index contributed by atoms with van der Waals surface area (Å²) in [6, 6.07) is 12.9.